The molecule has 1 aliphatic carbocycles. The van der Waals surface area contributed by atoms with Gasteiger partial charge >= 0.3 is 0 Å². The van der Waals surface area contributed by atoms with Crippen molar-refractivity contribution in [2.24, 2.45) is 0 Å². The molecule has 0 aromatic carbocycles. The Morgan fingerprint density at radius 2 is 0.762 bits per heavy atom. The molecule has 0 radical (unpaired) electrons. The van der Waals surface area contributed by atoms with Gasteiger partial charge in [0, 0.05) is 6.84 Å². The third-order valence-corrected chi connectivity index (χ3v) is 9.20. The highest BCUT2D eigenvalue weighted by molar-refractivity contribution is 14.1. The fraction of sp³-hybridized carbons (Fsp3) is 1.00. The van der Waals surface area contributed by atoms with Crippen LogP contribution in [0.5, 0.6) is 0 Å². The Bertz CT molecular complexity index is 240. The molecule has 126 valence electrons. The highest BCUT2D eigenvalue weighted by atomic mass is 127. The summed E-state index contributed by atoms with van der Waals surface area (Å²) in [7, 11) is 0. The van der Waals surface area contributed by atoms with Crippen molar-refractivity contribution in [1.29, 1.82) is 0 Å². The van der Waals surface area contributed by atoms with E-state index >= 15 is 0 Å². The molecule has 21 heavy (non-hydrogen) atoms. The van der Waals surface area contributed by atoms with E-state index in [1.807, 2.05) is 0 Å². The summed E-state index contributed by atoms with van der Waals surface area (Å²) in [6, 6.07) is 0. The molecule has 0 aromatic rings. The van der Waals surface area contributed by atoms with Gasteiger partial charge in [0.1, 0.15) is 0 Å². The van der Waals surface area contributed by atoms with Gasteiger partial charge in [-0.3, -0.25) is 0 Å². The number of hydrogen-bond donors (Lipinski definition) is 0. The van der Waals surface area contributed by atoms with Gasteiger partial charge in [0.2, 0.25) is 0 Å². The van der Waals surface area contributed by atoms with Crippen molar-refractivity contribution in [3.8, 4) is 0 Å². The number of halogens is 2. The molecule has 1 rings (SSSR count). The second-order valence-corrected chi connectivity index (χ2v) is 11.8. The highest BCUT2D eigenvalue weighted by Crippen LogP contribution is 2.38. The van der Waals surface area contributed by atoms with Crippen LogP contribution in [0.2, 0.25) is 0 Å². The Kier molecular flexibility index (Phi) is 10.8. The van der Waals surface area contributed by atoms with Crippen molar-refractivity contribution >= 4 is 45.2 Å². The largest absolute Gasteiger partial charge is 0.0789 e. The Morgan fingerprint density at radius 1 is 0.524 bits per heavy atom. The van der Waals surface area contributed by atoms with E-state index in [1.165, 1.54) is 96.3 Å². The van der Waals surface area contributed by atoms with Crippen LogP contribution in [0.1, 0.15) is 110 Å². The molecule has 0 heterocycles. The van der Waals surface area contributed by atoms with Crippen molar-refractivity contribution in [2.45, 2.75) is 117 Å². The summed E-state index contributed by atoms with van der Waals surface area (Å²) >= 11 is 5.57. The predicted molar refractivity (Wildman–Crippen MR) is 114 cm³/mol. The van der Waals surface area contributed by atoms with Gasteiger partial charge in [-0.15, -0.1) is 0 Å². The summed E-state index contributed by atoms with van der Waals surface area (Å²) in [5, 5.41) is 0. The zero-order valence-corrected chi connectivity index (χ0v) is 18.7. The highest BCUT2D eigenvalue weighted by Gasteiger charge is 2.25. The average Bonchev–Trinajstić information content (AvgIpc) is 2.49. The molecule has 0 amide bonds. The van der Waals surface area contributed by atoms with E-state index in [9.17, 15) is 0 Å². The molecule has 0 aliphatic heterocycles. The lowest BCUT2D eigenvalue weighted by atomic mass is 9.91. The molecule has 1 aliphatic rings. The summed E-state index contributed by atoms with van der Waals surface area (Å²) < 4.78 is 1.21. The van der Waals surface area contributed by atoms with Crippen LogP contribution in [0.15, 0.2) is 0 Å². The zero-order valence-electron chi connectivity index (χ0n) is 14.4. The van der Waals surface area contributed by atoms with Gasteiger partial charge in [-0.25, -0.2) is 0 Å². The van der Waals surface area contributed by atoms with Crippen LogP contribution in [0, 0.1) is 0 Å². The summed E-state index contributed by atoms with van der Waals surface area (Å²) in [4.78, 5) is 0. The normalized spacial score (nSPS) is 34.9. The standard InChI is InChI=1S/C19H36I2/c1-3-18(20)14-10-6-5-7-11-15-19(21,4-2)17-13-9-8-12-16-18/h3-17H2,1-2H3. The van der Waals surface area contributed by atoms with Crippen LogP contribution in [0.4, 0.5) is 0 Å². The van der Waals surface area contributed by atoms with Crippen LogP contribution in [-0.4, -0.2) is 6.84 Å². The fourth-order valence-electron chi connectivity index (χ4n) is 3.61. The van der Waals surface area contributed by atoms with Gasteiger partial charge in [-0.2, -0.15) is 0 Å². The summed E-state index contributed by atoms with van der Waals surface area (Å²) in [6.45, 7) is 4.79. The third-order valence-electron chi connectivity index (χ3n) is 5.52. The number of alkyl halides is 2. The van der Waals surface area contributed by atoms with Crippen LogP contribution < -0.4 is 0 Å². The average molecular weight is 518 g/mol. The Hall–Kier alpha value is 1.46. The minimum Gasteiger partial charge on any atom is -0.0789 e. The fourth-order valence-corrected chi connectivity index (χ4v) is 5.13. The first-order valence-corrected chi connectivity index (χ1v) is 11.6. The van der Waals surface area contributed by atoms with E-state index in [4.69, 9.17) is 0 Å². The van der Waals surface area contributed by atoms with Crippen LogP contribution in [0.3, 0.4) is 0 Å². The van der Waals surface area contributed by atoms with Gasteiger partial charge < -0.3 is 0 Å². The van der Waals surface area contributed by atoms with Crippen LogP contribution in [0.25, 0.3) is 0 Å². The first-order chi connectivity index (χ1) is 10.0. The summed E-state index contributed by atoms with van der Waals surface area (Å²) in [5.74, 6) is 0. The number of rotatable bonds is 2. The van der Waals surface area contributed by atoms with E-state index < -0.39 is 0 Å². The molecule has 1 fully saturated rings. The van der Waals surface area contributed by atoms with Crippen LogP contribution >= 0.6 is 45.2 Å². The quantitative estimate of drug-likeness (QED) is 0.255. The van der Waals surface area contributed by atoms with Gasteiger partial charge in [0.15, 0.2) is 0 Å². The van der Waals surface area contributed by atoms with Crippen LogP contribution in [-0.2, 0) is 0 Å². The first kappa shape index (κ1) is 20.5. The smallest absolute Gasteiger partial charge is 0.0219 e. The van der Waals surface area contributed by atoms with Crippen molar-refractivity contribution in [1.82, 2.24) is 0 Å². The topological polar surface area (TPSA) is 0 Å². The zero-order chi connectivity index (χ0) is 15.6. The van der Waals surface area contributed by atoms with Crippen molar-refractivity contribution in [3.05, 3.63) is 0 Å². The van der Waals surface area contributed by atoms with E-state index in [-0.39, 0.29) is 0 Å². The Labute approximate surface area is 161 Å². The lowest BCUT2D eigenvalue weighted by Crippen LogP contribution is -2.19. The molecule has 0 spiro atoms. The van der Waals surface area contributed by atoms with E-state index in [0.29, 0.717) is 6.84 Å². The van der Waals surface area contributed by atoms with Crippen molar-refractivity contribution < 1.29 is 0 Å². The van der Waals surface area contributed by atoms with Crippen molar-refractivity contribution in [3.63, 3.8) is 0 Å². The van der Waals surface area contributed by atoms with E-state index in [0.717, 1.165) is 0 Å². The van der Waals surface area contributed by atoms with Crippen molar-refractivity contribution in [2.75, 3.05) is 0 Å². The maximum absolute atomic E-state index is 2.78. The number of hydrogen-bond acceptors (Lipinski definition) is 0. The first-order valence-electron chi connectivity index (χ1n) is 9.41. The molecule has 0 aromatic heterocycles. The molecule has 0 bridgehead atoms. The lowest BCUT2D eigenvalue weighted by molar-refractivity contribution is 0.449. The minimum atomic E-state index is 0.606. The summed E-state index contributed by atoms with van der Waals surface area (Å²) in [6.07, 6.45) is 21.7. The molecule has 2 atom stereocenters. The van der Waals surface area contributed by atoms with E-state index in [2.05, 4.69) is 59.0 Å². The molecule has 1 saturated carbocycles. The maximum Gasteiger partial charge on any atom is 0.0219 e. The maximum atomic E-state index is 2.78. The molecule has 2 heteroatoms. The van der Waals surface area contributed by atoms with E-state index in [1.54, 1.807) is 0 Å². The molecular formula is C19H36I2. The SMILES string of the molecule is CCC1(I)CCCCCCCC(I)(CC)CCCCCC1. The predicted octanol–water partition coefficient (Wildman–Crippen LogP) is 8.24. The monoisotopic (exact) mass is 518 g/mol. The molecule has 0 saturated heterocycles. The molecular weight excluding hydrogens is 482 g/mol. The third kappa shape index (κ3) is 8.76. The Morgan fingerprint density at radius 3 is 1.00 bits per heavy atom. The molecule has 2 unspecified atom stereocenters. The van der Waals surface area contributed by atoms with Gasteiger partial charge in [-0.05, 0) is 38.5 Å². The second kappa shape index (κ2) is 11.1. The Balaban J connectivity index is 2.46. The molecule has 0 nitrogen and oxygen atoms in total. The van der Waals surface area contributed by atoms with Gasteiger partial charge in [0.05, 0.1) is 0 Å². The minimum absolute atomic E-state index is 0.606. The van der Waals surface area contributed by atoms with Gasteiger partial charge in [-0.1, -0.05) is 117 Å². The lowest BCUT2D eigenvalue weighted by Gasteiger charge is -2.26. The summed E-state index contributed by atoms with van der Waals surface area (Å²) in [5.41, 5.74) is 0. The second-order valence-electron chi connectivity index (χ2n) is 7.19. The van der Waals surface area contributed by atoms with Gasteiger partial charge in [0.25, 0.3) is 0 Å². The molecule has 0 N–H and O–H groups in total.